The van der Waals surface area contributed by atoms with Crippen molar-refractivity contribution in [2.75, 3.05) is 11.5 Å². The van der Waals surface area contributed by atoms with Gasteiger partial charge in [-0.3, -0.25) is 0 Å². The Balaban J connectivity index is 1.72. The van der Waals surface area contributed by atoms with Crippen LogP contribution in [0, 0.1) is 0 Å². The van der Waals surface area contributed by atoms with Crippen molar-refractivity contribution in [1.82, 2.24) is 0 Å². The molecule has 0 unspecified atom stereocenters. The Kier molecular flexibility index (Phi) is 5.79. The summed E-state index contributed by atoms with van der Waals surface area (Å²) in [6, 6.07) is 50.7. The number of fused-ring (bicyclic) bond motifs is 2. The Morgan fingerprint density at radius 2 is 0.750 bits per heavy atom. The summed E-state index contributed by atoms with van der Waals surface area (Å²) in [6.45, 7) is 0. The quantitative estimate of drug-likeness (QED) is 0.182. The highest BCUT2D eigenvalue weighted by molar-refractivity contribution is 6.21. The Labute approximate surface area is 234 Å². The van der Waals surface area contributed by atoms with Gasteiger partial charge in [-0.25, -0.2) is 0 Å². The number of nitrogen functional groups attached to an aromatic ring is 2. The molecule has 0 spiro atoms. The van der Waals surface area contributed by atoms with Crippen LogP contribution in [-0.2, 0) is 0 Å². The van der Waals surface area contributed by atoms with Gasteiger partial charge in [0.25, 0.3) is 0 Å². The normalized spacial score (nSPS) is 11.2. The zero-order valence-corrected chi connectivity index (χ0v) is 22.0. The van der Waals surface area contributed by atoms with E-state index in [0.29, 0.717) is 0 Å². The summed E-state index contributed by atoms with van der Waals surface area (Å²) < 4.78 is 0. The van der Waals surface area contributed by atoms with Gasteiger partial charge in [0.05, 0.1) is 0 Å². The van der Waals surface area contributed by atoms with Gasteiger partial charge in [0.15, 0.2) is 0 Å². The second-order valence-electron chi connectivity index (χ2n) is 10.2. The van der Waals surface area contributed by atoms with Crippen LogP contribution in [0.2, 0.25) is 0 Å². The molecule has 0 aromatic heterocycles. The number of rotatable bonds is 4. The maximum Gasteiger partial charge on any atom is 0.0486 e. The monoisotopic (exact) mass is 512 g/mol. The van der Waals surface area contributed by atoms with Crippen LogP contribution in [0.4, 0.5) is 11.4 Å². The fourth-order valence-electron chi connectivity index (χ4n) is 5.99. The molecule has 0 aliphatic rings. The average molecular weight is 513 g/mol. The second-order valence-corrected chi connectivity index (χ2v) is 10.2. The highest BCUT2D eigenvalue weighted by Gasteiger charge is 2.22. The number of nitrogens with two attached hydrogens (primary N) is 2. The van der Waals surface area contributed by atoms with Crippen molar-refractivity contribution < 1.29 is 0 Å². The predicted molar refractivity (Wildman–Crippen MR) is 172 cm³/mol. The Morgan fingerprint density at radius 3 is 1.27 bits per heavy atom. The number of hydrogen-bond acceptors (Lipinski definition) is 2. The van der Waals surface area contributed by atoms with E-state index in [4.69, 9.17) is 11.5 Å². The van der Waals surface area contributed by atoms with E-state index in [-0.39, 0.29) is 0 Å². The summed E-state index contributed by atoms with van der Waals surface area (Å²) in [5.41, 5.74) is 24.1. The van der Waals surface area contributed by atoms with Crippen molar-refractivity contribution in [3.05, 3.63) is 146 Å². The van der Waals surface area contributed by atoms with Crippen LogP contribution in [0.5, 0.6) is 0 Å². The van der Waals surface area contributed by atoms with E-state index in [9.17, 15) is 0 Å². The van der Waals surface area contributed by atoms with Crippen LogP contribution in [0.3, 0.4) is 0 Å². The van der Waals surface area contributed by atoms with Crippen LogP contribution < -0.4 is 11.5 Å². The number of benzene rings is 7. The van der Waals surface area contributed by atoms with E-state index in [1.54, 1.807) is 0 Å². The van der Waals surface area contributed by atoms with E-state index in [2.05, 4.69) is 121 Å². The lowest BCUT2D eigenvalue weighted by atomic mass is 9.82. The second kappa shape index (κ2) is 9.76. The maximum atomic E-state index is 7.22. The molecule has 0 atom stereocenters. The fraction of sp³-hybridized carbons (Fsp3) is 0. The van der Waals surface area contributed by atoms with E-state index >= 15 is 0 Å². The summed E-state index contributed by atoms with van der Waals surface area (Å²) in [6.07, 6.45) is 0. The third-order valence-electron chi connectivity index (χ3n) is 7.77. The van der Waals surface area contributed by atoms with Crippen LogP contribution in [-0.4, -0.2) is 0 Å². The van der Waals surface area contributed by atoms with Gasteiger partial charge >= 0.3 is 0 Å². The molecule has 0 saturated carbocycles. The smallest absolute Gasteiger partial charge is 0.0486 e. The Hall–Kier alpha value is -5.34. The first-order chi connectivity index (χ1) is 19.7. The third kappa shape index (κ3) is 3.90. The van der Waals surface area contributed by atoms with Crippen molar-refractivity contribution in [1.29, 1.82) is 0 Å². The molecule has 40 heavy (non-hydrogen) atoms. The van der Waals surface area contributed by atoms with Gasteiger partial charge in [-0.1, -0.05) is 127 Å². The number of hydrogen-bond donors (Lipinski definition) is 2. The average Bonchev–Trinajstić information content (AvgIpc) is 3.01. The first-order valence-electron chi connectivity index (χ1n) is 13.5. The molecule has 0 aliphatic carbocycles. The molecule has 4 N–H and O–H groups in total. The molecule has 2 heteroatoms. The molecule has 0 bridgehead atoms. The summed E-state index contributed by atoms with van der Waals surface area (Å²) in [5.74, 6) is 0. The van der Waals surface area contributed by atoms with E-state index in [0.717, 1.165) is 77.4 Å². The van der Waals surface area contributed by atoms with E-state index in [1.807, 2.05) is 24.3 Å². The van der Waals surface area contributed by atoms with Crippen LogP contribution >= 0.6 is 0 Å². The highest BCUT2D eigenvalue weighted by atomic mass is 14.6. The first kappa shape index (κ1) is 23.8. The predicted octanol–water partition coefficient (Wildman–Crippen LogP) is 9.83. The topological polar surface area (TPSA) is 52.0 Å². The van der Waals surface area contributed by atoms with Crippen LogP contribution in [0.1, 0.15) is 0 Å². The van der Waals surface area contributed by atoms with Crippen molar-refractivity contribution in [3.8, 4) is 44.5 Å². The van der Waals surface area contributed by atoms with Gasteiger partial charge in [-0.2, -0.15) is 0 Å². The first-order valence-corrected chi connectivity index (χ1v) is 13.5. The highest BCUT2D eigenvalue weighted by Crippen LogP contribution is 2.50. The molecule has 7 aromatic carbocycles. The van der Waals surface area contributed by atoms with Crippen molar-refractivity contribution in [2.24, 2.45) is 0 Å². The molecular formula is C38H28N2. The van der Waals surface area contributed by atoms with Gasteiger partial charge in [-0.15, -0.1) is 0 Å². The standard InChI is InChI=1S/C38H28N2/c39-33-22-21-29-23-31-32(24-30(29)34(33)25-13-5-1-6-14-25)35(26-15-7-2-8-16-26)37(28-19-11-4-12-20-28)38(40)36(31)27-17-9-3-10-18-27/h1-24H,39-40H2. The Morgan fingerprint density at radius 1 is 0.325 bits per heavy atom. The molecule has 0 aliphatic heterocycles. The zero-order chi connectivity index (χ0) is 27.1. The van der Waals surface area contributed by atoms with Gasteiger partial charge in [0.1, 0.15) is 0 Å². The lowest BCUT2D eigenvalue weighted by molar-refractivity contribution is 1.59. The molecule has 0 amide bonds. The van der Waals surface area contributed by atoms with Gasteiger partial charge in [-0.05, 0) is 67.6 Å². The van der Waals surface area contributed by atoms with Crippen molar-refractivity contribution in [3.63, 3.8) is 0 Å². The molecule has 0 saturated heterocycles. The molecule has 7 aromatic rings. The third-order valence-corrected chi connectivity index (χ3v) is 7.77. The van der Waals surface area contributed by atoms with E-state index in [1.165, 1.54) is 0 Å². The Bertz CT molecular complexity index is 1980. The largest absolute Gasteiger partial charge is 0.398 e. The van der Waals surface area contributed by atoms with Crippen LogP contribution in [0.25, 0.3) is 66.1 Å². The number of anilines is 2. The molecule has 190 valence electrons. The lowest BCUT2D eigenvalue weighted by Gasteiger charge is -2.23. The van der Waals surface area contributed by atoms with Crippen LogP contribution in [0.15, 0.2) is 146 Å². The minimum atomic E-state index is 0.765. The van der Waals surface area contributed by atoms with Crippen molar-refractivity contribution in [2.45, 2.75) is 0 Å². The zero-order valence-electron chi connectivity index (χ0n) is 22.0. The molecule has 7 rings (SSSR count). The van der Waals surface area contributed by atoms with Gasteiger partial charge < -0.3 is 11.5 Å². The fourth-order valence-corrected chi connectivity index (χ4v) is 5.99. The summed E-state index contributed by atoms with van der Waals surface area (Å²) in [5, 5.41) is 4.52. The summed E-state index contributed by atoms with van der Waals surface area (Å²) >= 11 is 0. The van der Waals surface area contributed by atoms with E-state index < -0.39 is 0 Å². The summed E-state index contributed by atoms with van der Waals surface area (Å²) in [4.78, 5) is 0. The van der Waals surface area contributed by atoms with Gasteiger partial charge in [0, 0.05) is 28.1 Å². The summed E-state index contributed by atoms with van der Waals surface area (Å²) in [7, 11) is 0. The molecule has 2 nitrogen and oxygen atoms in total. The lowest BCUT2D eigenvalue weighted by Crippen LogP contribution is -2.00. The minimum Gasteiger partial charge on any atom is -0.398 e. The minimum absolute atomic E-state index is 0.765. The van der Waals surface area contributed by atoms with Gasteiger partial charge in [0.2, 0.25) is 0 Å². The maximum absolute atomic E-state index is 7.22. The van der Waals surface area contributed by atoms with Crippen molar-refractivity contribution >= 4 is 32.9 Å². The molecular weight excluding hydrogens is 484 g/mol. The molecule has 0 fully saturated rings. The SMILES string of the molecule is Nc1ccc2cc3c(-c4ccccc4)c(N)c(-c4ccccc4)c(-c4ccccc4)c3cc2c1-c1ccccc1. The molecule has 0 heterocycles. The molecule has 0 radical (unpaired) electrons.